The zero-order chi connectivity index (χ0) is 53.6. The number of hydrogen-bond donors (Lipinski definition) is 0. The first-order valence-corrected chi connectivity index (χ1v) is 26.3. The Morgan fingerprint density at radius 1 is 0.342 bits per heavy atom. The Morgan fingerprint density at radius 3 is 1.12 bits per heavy atom. The van der Waals surface area contributed by atoms with Gasteiger partial charge in [-0.1, -0.05) is 156 Å². The maximum atomic E-state index is 10.8. The van der Waals surface area contributed by atoms with Gasteiger partial charge in [0.05, 0.1) is 45.3 Å². The van der Waals surface area contributed by atoms with Crippen LogP contribution in [0.2, 0.25) is 0 Å². The fourth-order valence-corrected chi connectivity index (χ4v) is 10.6. The first-order valence-electron chi connectivity index (χ1n) is 26.3. The Bertz CT molecular complexity index is 4080. The van der Waals surface area contributed by atoms with Crippen molar-refractivity contribution in [3.8, 4) is 68.8 Å². The number of aromatic nitrogens is 5. The molecule has 0 N–H and O–H groups in total. The number of benzene rings is 8. The summed E-state index contributed by atoms with van der Waals surface area (Å²) >= 11 is 0. The van der Waals surface area contributed by atoms with Crippen LogP contribution in [0.5, 0.6) is 0 Å². The van der Waals surface area contributed by atoms with E-state index in [2.05, 4.69) is 201 Å². The van der Waals surface area contributed by atoms with Crippen molar-refractivity contribution in [2.45, 2.75) is 105 Å². The van der Waals surface area contributed by atoms with Crippen molar-refractivity contribution in [1.29, 1.82) is 10.5 Å². The molecule has 0 unspecified atom stereocenters. The lowest BCUT2D eigenvalue weighted by Crippen LogP contribution is -2.10. The Labute approximate surface area is 446 Å². The Hall–Kier alpha value is -8.65. The van der Waals surface area contributed by atoms with Gasteiger partial charge in [-0.15, -0.1) is 0 Å². The van der Waals surface area contributed by atoms with Crippen molar-refractivity contribution < 1.29 is 0 Å². The number of nitrogens with zero attached hydrogens (tertiary/aromatic N) is 7. The van der Waals surface area contributed by atoms with Gasteiger partial charge in [0, 0.05) is 49.6 Å². The fourth-order valence-electron chi connectivity index (χ4n) is 10.6. The van der Waals surface area contributed by atoms with Gasteiger partial charge in [0.1, 0.15) is 0 Å². The summed E-state index contributed by atoms with van der Waals surface area (Å²) in [5.41, 5.74) is 15.7. The van der Waals surface area contributed by atoms with Crippen LogP contribution in [-0.4, -0.2) is 24.1 Å². The molecule has 0 bridgehead atoms. The van der Waals surface area contributed by atoms with Crippen LogP contribution in [0.1, 0.15) is 116 Å². The summed E-state index contributed by atoms with van der Waals surface area (Å²) in [7, 11) is 0. The lowest BCUT2D eigenvalue weighted by molar-refractivity contribution is 0.590. The normalized spacial score (nSPS) is 12.4. The van der Waals surface area contributed by atoms with Crippen LogP contribution in [0, 0.1) is 22.7 Å². The summed E-state index contributed by atoms with van der Waals surface area (Å²) in [4.78, 5) is 15.9. The molecular weight excluding hydrogens is 927 g/mol. The summed E-state index contributed by atoms with van der Waals surface area (Å²) in [6, 6.07) is 62.3. The fraction of sp³-hybridized carbons (Fsp3) is 0.232. The summed E-state index contributed by atoms with van der Waals surface area (Å²) in [5, 5.41) is 26.0. The average molecular weight is 990 g/mol. The van der Waals surface area contributed by atoms with Crippen molar-refractivity contribution in [2.75, 3.05) is 0 Å². The van der Waals surface area contributed by atoms with Gasteiger partial charge in [0.2, 0.25) is 0 Å². The first kappa shape index (κ1) is 49.6. The highest BCUT2D eigenvalue weighted by Gasteiger charge is 2.25. The van der Waals surface area contributed by atoms with Gasteiger partial charge in [-0.2, -0.15) is 10.5 Å². The third kappa shape index (κ3) is 8.90. The molecule has 0 saturated carbocycles. The quantitative estimate of drug-likeness (QED) is 0.165. The van der Waals surface area contributed by atoms with Gasteiger partial charge in [0.15, 0.2) is 17.5 Å². The minimum Gasteiger partial charge on any atom is -0.309 e. The van der Waals surface area contributed by atoms with Crippen LogP contribution < -0.4 is 0 Å². The average Bonchev–Trinajstić information content (AvgIpc) is 4.02. The smallest absolute Gasteiger partial charge is 0.164 e. The molecular formula is C69H63N7. The van der Waals surface area contributed by atoms with E-state index >= 15 is 0 Å². The first-order chi connectivity index (χ1) is 36.1. The minimum atomic E-state index is -0.0610. The molecule has 0 amide bonds. The number of nitriles is 2. The number of hydrogen-bond acceptors (Lipinski definition) is 5. The monoisotopic (exact) mass is 990 g/mol. The molecule has 0 aliphatic rings. The van der Waals surface area contributed by atoms with E-state index in [1.807, 2.05) is 66.7 Å². The van der Waals surface area contributed by atoms with Crippen LogP contribution in [0.25, 0.3) is 100 Å². The summed E-state index contributed by atoms with van der Waals surface area (Å²) < 4.78 is 4.62. The van der Waals surface area contributed by atoms with Gasteiger partial charge >= 0.3 is 0 Å². The summed E-state index contributed by atoms with van der Waals surface area (Å²) in [6.07, 6.45) is 0. The number of rotatable bonds is 6. The molecule has 0 aliphatic heterocycles. The third-order valence-corrected chi connectivity index (χ3v) is 15.0. The SMILES string of the molecule is CC(C)(C)c1ccc2c(c1)c1cc(C(C)(C)C)ccc1n2-c1cc(C#N)cc(-c2nc(-c3ccccc3)nc(-c3cc(-c4ccccc4C#N)cc(-n4c5ccc(C(C)(C)C)cc5c5cc(C(C)(C)C)ccc54)c3)n2)c1. The molecule has 76 heavy (non-hydrogen) atoms. The zero-order valence-electron chi connectivity index (χ0n) is 45.7. The lowest BCUT2D eigenvalue weighted by Gasteiger charge is -2.19. The molecule has 11 aromatic rings. The molecule has 7 nitrogen and oxygen atoms in total. The second-order valence-corrected chi connectivity index (χ2v) is 24.6. The van der Waals surface area contributed by atoms with Gasteiger partial charge < -0.3 is 9.13 Å². The molecule has 0 radical (unpaired) electrons. The molecule has 0 fully saturated rings. The molecule has 11 rings (SSSR count). The second-order valence-electron chi connectivity index (χ2n) is 24.6. The van der Waals surface area contributed by atoms with Crippen LogP contribution in [-0.2, 0) is 21.7 Å². The highest BCUT2D eigenvalue weighted by Crippen LogP contribution is 2.42. The van der Waals surface area contributed by atoms with E-state index in [-0.39, 0.29) is 21.7 Å². The minimum absolute atomic E-state index is 0.0554. The van der Waals surface area contributed by atoms with Crippen LogP contribution in [0.4, 0.5) is 0 Å². The van der Waals surface area contributed by atoms with E-state index in [0.717, 1.165) is 66.5 Å². The maximum absolute atomic E-state index is 10.8. The standard InChI is InChI=1S/C69H63N7/c1-66(2,3)48-22-26-59-55(36-48)56-37-49(67(4,5)6)23-27-60(56)75(59)52-31-42(40-70)30-46(34-52)64-72-63(43-18-14-13-15-19-43)73-65(74-64)47-32-45(54-21-17-16-20-44(54)41-71)33-53(35-47)76-61-28-24-50(68(7,8)9)38-57(61)58-39-51(69(10,11)12)25-29-62(58)76/h13-39H,1-12H3. The molecule has 0 saturated heterocycles. The maximum Gasteiger partial charge on any atom is 0.164 e. The van der Waals surface area contributed by atoms with Crippen molar-refractivity contribution in [3.63, 3.8) is 0 Å². The van der Waals surface area contributed by atoms with Crippen LogP contribution in [0.3, 0.4) is 0 Å². The Balaban J connectivity index is 1.18. The van der Waals surface area contributed by atoms with E-state index in [4.69, 9.17) is 15.0 Å². The predicted molar refractivity (Wildman–Crippen MR) is 314 cm³/mol. The van der Waals surface area contributed by atoms with E-state index in [1.54, 1.807) is 0 Å². The molecule has 374 valence electrons. The second kappa shape index (κ2) is 18.0. The topological polar surface area (TPSA) is 96.1 Å². The molecule has 3 heterocycles. The third-order valence-electron chi connectivity index (χ3n) is 15.0. The largest absolute Gasteiger partial charge is 0.309 e. The molecule has 0 spiro atoms. The van der Waals surface area contributed by atoms with E-state index in [1.165, 1.54) is 33.0 Å². The van der Waals surface area contributed by atoms with Crippen molar-refractivity contribution in [1.82, 2.24) is 24.1 Å². The molecule has 0 atom stereocenters. The van der Waals surface area contributed by atoms with E-state index in [9.17, 15) is 10.5 Å². The highest BCUT2D eigenvalue weighted by atomic mass is 15.0. The molecule has 3 aromatic heterocycles. The van der Waals surface area contributed by atoms with E-state index < -0.39 is 0 Å². The van der Waals surface area contributed by atoms with Gasteiger partial charge in [-0.25, -0.2) is 15.0 Å². The molecule has 0 aliphatic carbocycles. The molecule has 7 heteroatoms. The van der Waals surface area contributed by atoms with Crippen molar-refractivity contribution >= 4 is 43.6 Å². The number of fused-ring (bicyclic) bond motifs is 6. The van der Waals surface area contributed by atoms with Gasteiger partial charge in [0.25, 0.3) is 0 Å². The Morgan fingerprint density at radius 2 is 0.711 bits per heavy atom. The van der Waals surface area contributed by atoms with Crippen LogP contribution in [0.15, 0.2) is 164 Å². The summed E-state index contributed by atoms with van der Waals surface area (Å²) in [6.45, 7) is 27.1. The summed E-state index contributed by atoms with van der Waals surface area (Å²) in [5.74, 6) is 1.38. The van der Waals surface area contributed by atoms with Crippen LogP contribution >= 0.6 is 0 Å². The highest BCUT2D eigenvalue weighted by molar-refractivity contribution is 6.11. The lowest BCUT2D eigenvalue weighted by atomic mass is 9.85. The van der Waals surface area contributed by atoms with Crippen molar-refractivity contribution in [3.05, 3.63) is 197 Å². The molecule has 8 aromatic carbocycles. The van der Waals surface area contributed by atoms with Gasteiger partial charge in [-0.3, -0.25) is 0 Å². The predicted octanol–water partition coefficient (Wildman–Crippen LogP) is 17.7. The van der Waals surface area contributed by atoms with Gasteiger partial charge in [-0.05, 0) is 146 Å². The van der Waals surface area contributed by atoms with Crippen molar-refractivity contribution in [2.24, 2.45) is 0 Å². The Kier molecular flexibility index (Phi) is 11.8. The zero-order valence-corrected chi connectivity index (χ0v) is 45.7. The van der Waals surface area contributed by atoms with E-state index in [0.29, 0.717) is 34.2 Å².